The summed E-state index contributed by atoms with van der Waals surface area (Å²) in [5, 5.41) is 10.9. The summed E-state index contributed by atoms with van der Waals surface area (Å²) in [7, 11) is 3.81. The Bertz CT molecular complexity index is 1940. The van der Waals surface area contributed by atoms with Crippen LogP contribution < -0.4 is 15.4 Å². The summed E-state index contributed by atoms with van der Waals surface area (Å²) in [5.41, 5.74) is 8.01. The molecule has 0 radical (unpaired) electrons. The number of hydrogen-bond acceptors (Lipinski definition) is 12. The zero-order valence-corrected chi connectivity index (χ0v) is 27.9. The van der Waals surface area contributed by atoms with Crippen LogP contribution in [-0.4, -0.2) is 96.4 Å². The molecule has 0 saturated carbocycles. The second kappa shape index (κ2) is 12.6. The molecule has 0 aliphatic carbocycles. The van der Waals surface area contributed by atoms with Crippen molar-refractivity contribution in [2.45, 2.75) is 63.4 Å². The van der Waals surface area contributed by atoms with Crippen molar-refractivity contribution in [2.75, 3.05) is 64.2 Å². The maximum Gasteiger partial charge on any atom is 0.319 e. The predicted molar refractivity (Wildman–Crippen MR) is 179 cm³/mol. The molecule has 4 aliphatic rings. The lowest BCUT2D eigenvalue weighted by Gasteiger charge is -2.42. The summed E-state index contributed by atoms with van der Waals surface area (Å²) in [6.45, 7) is 5.19. The maximum absolute atomic E-state index is 17.4. The van der Waals surface area contributed by atoms with Gasteiger partial charge in [0, 0.05) is 62.4 Å². The number of rotatable bonds is 9. The van der Waals surface area contributed by atoms with Crippen LogP contribution in [0.1, 0.15) is 48.8 Å². The van der Waals surface area contributed by atoms with E-state index in [4.69, 9.17) is 29.9 Å². The van der Waals surface area contributed by atoms with Gasteiger partial charge in [-0.25, -0.2) is 8.78 Å². The summed E-state index contributed by atoms with van der Waals surface area (Å²) in [6, 6.07) is 2.82. The van der Waals surface area contributed by atoms with Gasteiger partial charge in [-0.15, -0.1) is 11.3 Å². The molecule has 7 heterocycles. The number of methoxy groups -OCH3 is 1. The van der Waals surface area contributed by atoms with Gasteiger partial charge in [0.2, 0.25) is 0 Å². The molecule has 48 heavy (non-hydrogen) atoms. The maximum atomic E-state index is 17.4. The normalized spacial score (nSPS) is 22.6. The lowest BCUT2D eigenvalue weighted by molar-refractivity contribution is 0.135. The zero-order valence-electron chi connectivity index (χ0n) is 27.1. The molecule has 1 aromatic carbocycles. The van der Waals surface area contributed by atoms with Gasteiger partial charge in [0.15, 0.2) is 11.6 Å². The highest BCUT2D eigenvalue weighted by atomic mass is 32.1. The van der Waals surface area contributed by atoms with Crippen molar-refractivity contribution in [2.24, 2.45) is 0 Å². The Morgan fingerprint density at radius 1 is 1.12 bits per heavy atom. The molecule has 2 N–H and O–H groups in total. The third-order valence-corrected chi connectivity index (χ3v) is 11.5. The van der Waals surface area contributed by atoms with Crippen molar-refractivity contribution in [3.8, 4) is 23.3 Å². The summed E-state index contributed by atoms with van der Waals surface area (Å²) in [4.78, 5) is 21.3. The molecule has 2 bridgehead atoms. The van der Waals surface area contributed by atoms with E-state index in [1.54, 1.807) is 7.11 Å². The van der Waals surface area contributed by atoms with Crippen LogP contribution in [0.5, 0.6) is 6.01 Å². The third-order valence-electron chi connectivity index (χ3n) is 10.5. The van der Waals surface area contributed by atoms with Gasteiger partial charge in [-0.05, 0) is 56.8 Å². The number of likely N-dealkylation sites (N-methyl/N-ethyl adjacent to an activating group) is 1. The number of nitrogen functional groups attached to an aromatic ring is 1. The van der Waals surface area contributed by atoms with E-state index in [0.717, 1.165) is 88.0 Å². The van der Waals surface area contributed by atoms with Crippen LogP contribution in [0.3, 0.4) is 0 Å². The van der Waals surface area contributed by atoms with Gasteiger partial charge in [-0.1, -0.05) is 0 Å². The number of likely N-dealkylation sites (tertiary alicyclic amines) is 2. The minimum atomic E-state index is -0.625. The predicted octanol–water partition coefficient (Wildman–Crippen LogP) is 4.83. The van der Waals surface area contributed by atoms with E-state index in [9.17, 15) is 9.65 Å². The number of nitrogens with two attached hydrogens (primary N) is 1. The third kappa shape index (κ3) is 5.14. The zero-order chi connectivity index (χ0) is 33.1. The number of aromatic nitrogens is 3. The minimum Gasteiger partial charge on any atom is -0.462 e. The van der Waals surface area contributed by atoms with E-state index in [2.05, 4.69) is 32.8 Å². The topological polar surface area (TPSA) is 126 Å². The Morgan fingerprint density at radius 3 is 2.65 bits per heavy atom. The molecule has 0 amide bonds. The van der Waals surface area contributed by atoms with Crippen molar-refractivity contribution in [1.29, 1.82) is 5.26 Å². The molecule has 252 valence electrons. The van der Waals surface area contributed by atoms with E-state index in [0.29, 0.717) is 23.4 Å². The first-order valence-corrected chi connectivity index (χ1v) is 17.4. The first-order valence-electron chi connectivity index (χ1n) is 16.6. The number of nitriles is 1. The molecular formula is C34H38F2N8O3S. The Morgan fingerprint density at radius 2 is 1.92 bits per heavy atom. The fraction of sp³-hybridized carbons (Fsp3) is 0.529. The highest BCUT2D eigenvalue weighted by Crippen LogP contribution is 2.48. The van der Waals surface area contributed by atoms with Crippen LogP contribution in [0.15, 0.2) is 6.20 Å². The fourth-order valence-electron chi connectivity index (χ4n) is 8.19. The first-order chi connectivity index (χ1) is 23.4. The summed E-state index contributed by atoms with van der Waals surface area (Å²) >= 11 is 0.957. The molecule has 2 unspecified atom stereocenters. The molecule has 3 atom stereocenters. The monoisotopic (exact) mass is 676 g/mol. The number of halogens is 2. The van der Waals surface area contributed by atoms with Gasteiger partial charge in [-0.3, -0.25) is 9.88 Å². The molecule has 3 fully saturated rings. The lowest BCUT2D eigenvalue weighted by atomic mass is 9.93. The Hall–Kier alpha value is -3.74. The molecule has 0 spiro atoms. The number of fused-ring (bicyclic) bond motifs is 6. The van der Waals surface area contributed by atoms with Crippen LogP contribution in [0, 0.1) is 23.0 Å². The molecule has 4 aromatic rings. The van der Waals surface area contributed by atoms with Crippen LogP contribution in [0.25, 0.3) is 32.2 Å². The summed E-state index contributed by atoms with van der Waals surface area (Å²) in [6.07, 6.45) is 6.13. The van der Waals surface area contributed by atoms with Crippen molar-refractivity contribution in [3.05, 3.63) is 34.5 Å². The molecule has 11 nitrogen and oxygen atoms in total. The van der Waals surface area contributed by atoms with E-state index in [1.807, 2.05) is 0 Å². The van der Waals surface area contributed by atoms with Crippen LogP contribution in [0.2, 0.25) is 0 Å². The molecular weight excluding hydrogens is 638 g/mol. The number of pyridine rings is 1. The van der Waals surface area contributed by atoms with Crippen molar-refractivity contribution in [1.82, 2.24) is 24.8 Å². The number of ether oxygens (including phenoxy) is 3. The highest BCUT2D eigenvalue weighted by Gasteiger charge is 2.43. The van der Waals surface area contributed by atoms with Crippen LogP contribution in [-0.2, 0) is 22.7 Å². The lowest BCUT2D eigenvalue weighted by Crippen LogP contribution is -2.54. The van der Waals surface area contributed by atoms with E-state index < -0.39 is 11.6 Å². The van der Waals surface area contributed by atoms with E-state index >= 15 is 4.39 Å². The number of benzene rings is 1. The second-order valence-corrected chi connectivity index (χ2v) is 14.3. The number of piperazine rings is 1. The minimum absolute atomic E-state index is 0.0807. The molecule has 14 heteroatoms. The van der Waals surface area contributed by atoms with Crippen molar-refractivity contribution in [3.63, 3.8) is 0 Å². The molecule has 8 rings (SSSR count). The van der Waals surface area contributed by atoms with Crippen LogP contribution >= 0.6 is 11.3 Å². The average molecular weight is 677 g/mol. The quantitative estimate of drug-likeness (QED) is 0.245. The SMILES string of the molecule is COCCCN1CC2CCC(C1)N2c1nc(OC[C@@H]2CCCN2C)nc2c(F)c(-c3ncc(F)c4sc(N)c(C#N)c34)c3c(c12)COC3. The van der Waals surface area contributed by atoms with Gasteiger partial charge < -0.3 is 29.7 Å². The Balaban J connectivity index is 1.30. The van der Waals surface area contributed by atoms with Gasteiger partial charge >= 0.3 is 6.01 Å². The average Bonchev–Trinajstić information content (AvgIpc) is 3.86. The number of anilines is 2. The fourth-order valence-corrected chi connectivity index (χ4v) is 9.11. The number of thiophene rings is 1. The van der Waals surface area contributed by atoms with Gasteiger partial charge in [0.1, 0.15) is 29.0 Å². The standard InChI is InChI=1S/C34H38F2N8O3S/c1-42-8-3-5-20(42)15-47-34-40-30-27(33(41-34)44-18-6-7-19(44)14-43(13-18)9-4-10-45-2)23-17-46-16-22(23)25(28(30)36)29-26-21(11-37)32(38)48-31(26)24(35)12-39-29/h12,18-20H,3-10,13-17,38H2,1-2H3/t18?,19?,20-/m0/s1. The van der Waals surface area contributed by atoms with Gasteiger partial charge in [0.05, 0.1) is 40.8 Å². The van der Waals surface area contributed by atoms with E-state index in [1.165, 1.54) is 0 Å². The molecule has 4 aliphatic heterocycles. The molecule has 3 aromatic heterocycles. The molecule has 3 saturated heterocycles. The van der Waals surface area contributed by atoms with Crippen molar-refractivity contribution >= 4 is 43.1 Å². The van der Waals surface area contributed by atoms with Gasteiger partial charge in [0.25, 0.3) is 0 Å². The number of hydrogen-bond donors (Lipinski definition) is 1. The summed E-state index contributed by atoms with van der Waals surface area (Å²) < 4.78 is 50.1. The second-order valence-electron chi connectivity index (χ2n) is 13.3. The largest absolute Gasteiger partial charge is 0.462 e. The van der Waals surface area contributed by atoms with Gasteiger partial charge in [-0.2, -0.15) is 15.2 Å². The van der Waals surface area contributed by atoms with Crippen molar-refractivity contribution < 1.29 is 23.0 Å². The summed E-state index contributed by atoms with van der Waals surface area (Å²) in [5.74, 6) is -0.573. The highest BCUT2D eigenvalue weighted by molar-refractivity contribution is 7.23. The Kier molecular flexibility index (Phi) is 8.28. The smallest absolute Gasteiger partial charge is 0.319 e. The van der Waals surface area contributed by atoms with Crippen LogP contribution in [0.4, 0.5) is 19.6 Å². The Labute approximate surface area is 281 Å². The number of nitrogens with zero attached hydrogens (tertiary/aromatic N) is 7. The first kappa shape index (κ1) is 31.5. The van der Waals surface area contributed by atoms with E-state index in [-0.39, 0.29) is 74.8 Å².